The fourth-order valence-electron chi connectivity index (χ4n) is 1.70. The van der Waals surface area contributed by atoms with Crippen molar-refractivity contribution in [2.24, 2.45) is 0 Å². The SMILES string of the molecule is O=C(O)c1c(O)cnn1C1CCCCS1. The van der Waals surface area contributed by atoms with Gasteiger partial charge in [-0.1, -0.05) is 0 Å². The van der Waals surface area contributed by atoms with Crippen LogP contribution in [0.15, 0.2) is 6.20 Å². The number of carbonyl (C=O) groups is 1. The molecule has 0 aromatic carbocycles. The van der Waals surface area contributed by atoms with Gasteiger partial charge in [0, 0.05) is 0 Å². The van der Waals surface area contributed by atoms with E-state index >= 15 is 0 Å². The van der Waals surface area contributed by atoms with E-state index in [1.807, 2.05) is 0 Å². The highest BCUT2D eigenvalue weighted by molar-refractivity contribution is 7.99. The minimum absolute atomic E-state index is 0.0470. The van der Waals surface area contributed by atoms with Crippen LogP contribution in [0.4, 0.5) is 0 Å². The molecule has 1 fully saturated rings. The van der Waals surface area contributed by atoms with Gasteiger partial charge in [0.15, 0.2) is 11.4 Å². The molecule has 15 heavy (non-hydrogen) atoms. The number of aromatic nitrogens is 2. The largest absolute Gasteiger partial charge is 0.504 e. The first-order valence-electron chi connectivity index (χ1n) is 4.81. The Morgan fingerprint density at radius 3 is 3.00 bits per heavy atom. The molecule has 2 heterocycles. The quantitative estimate of drug-likeness (QED) is 0.805. The van der Waals surface area contributed by atoms with Crippen LogP contribution in [0.2, 0.25) is 0 Å². The van der Waals surface area contributed by atoms with Gasteiger partial charge in [0.25, 0.3) is 0 Å². The minimum atomic E-state index is -1.13. The number of rotatable bonds is 2. The lowest BCUT2D eigenvalue weighted by molar-refractivity contribution is 0.0679. The lowest BCUT2D eigenvalue weighted by atomic mass is 10.2. The van der Waals surface area contributed by atoms with Crippen LogP contribution in [-0.2, 0) is 0 Å². The molecule has 0 radical (unpaired) electrons. The Morgan fingerprint density at radius 2 is 2.40 bits per heavy atom. The maximum atomic E-state index is 10.9. The number of nitrogens with zero attached hydrogens (tertiary/aromatic N) is 2. The Labute approximate surface area is 91.1 Å². The Morgan fingerprint density at radius 1 is 1.60 bits per heavy atom. The molecule has 1 aromatic heterocycles. The van der Waals surface area contributed by atoms with Crippen molar-refractivity contribution in [3.05, 3.63) is 11.9 Å². The van der Waals surface area contributed by atoms with E-state index in [0.29, 0.717) is 0 Å². The van der Waals surface area contributed by atoms with Gasteiger partial charge < -0.3 is 10.2 Å². The Kier molecular flexibility index (Phi) is 2.86. The smallest absolute Gasteiger partial charge is 0.358 e. The first-order chi connectivity index (χ1) is 7.20. The van der Waals surface area contributed by atoms with E-state index in [4.69, 9.17) is 5.11 Å². The second-order valence-corrected chi connectivity index (χ2v) is 4.74. The molecule has 0 bridgehead atoms. The number of hydrogen-bond acceptors (Lipinski definition) is 4. The van der Waals surface area contributed by atoms with E-state index in [-0.39, 0.29) is 16.8 Å². The van der Waals surface area contributed by atoms with Gasteiger partial charge in [-0.15, -0.1) is 11.8 Å². The Balaban J connectivity index is 2.30. The molecule has 1 atom stereocenters. The average molecular weight is 228 g/mol. The normalized spacial score (nSPS) is 21.5. The molecule has 0 aliphatic carbocycles. The zero-order chi connectivity index (χ0) is 10.8. The standard InChI is InChI=1S/C9H12N2O3S/c12-6-5-10-11(8(6)9(13)14)7-3-1-2-4-15-7/h5,7,12H,1-4H2,(H,13,14). The predicted octanol–water partition coefficient (Wildman–Crippen LogP) is 1.70. The van der Waals surface area contributed by atoms with E-state index in [1.165, 1.54) is 10.9 Å². The van der Waals surface area contributed by atoms with Crippen LogP contribution >= 0.6 is 11.8 Å². The molecular weight excluding hydrogens is 216 g/mol. The third kappa shape index (κ3) is 1.94. The second kappa shape index (κ2) is 4.14. The van der Waals surface area contributed by atoms with Crippen LogP contribution in [0.25, 0.3) is 0 Å². The summed E-state index contributed by atoms with van der Waals surface area (Å²) in [5, 5.41) is 22.3. The molecule has 0 spiro atoms. The molecule has 5 nitrogen and oxygen atoms in total. The van der Waals surface area contributed by atoms with Crippen molar-refractivity contribution in [3.8, 4) is 5.75 Å². The molecular formula is C9H12N2O3S. The molecule has 1 unspecified atom stereocenters. The van der Waals surface area contributed by atoms with Crippen LogP contribution in [0.3, 0.4) is 0 Å². The minimum Gasteiger partial charge on any atom is -0.504 e. The van der Waals surface area contributed by atoms with E-state index in [2.05, 4.69) is 5.10 Å². The van der Waals surface area contributed by atoms with Gasteiger partial charge in [-0.2, -0.15) is 5.10 Å². The third-order valence-corrected chi connectivity index (χ3v) is 3.75. The van der Waals surface area contributed by atoms with Gasteiger partial charge >= 0.3 is 5.97 Å². The van der Waals surface area contributed by atoms with Crippen LogP contribution < -0.4 is 0 Å². The zero-order valence-electron chi connectivity index (χ0n) is 8.09. The lowest BCUT2D eigenvalue weighted by Gasteiger charge is -2.22. The maximum absolute atomic E-state index is 10.9. The van der Waals surface area contributed by atoms with E-state index < -0.39 is 5.97 Å². The van der Waals surface area contributed by atoms with Crippen LogP contribution in [0.5, 0.6) is 5.75 Å². The van der Waals surface area contributed by atoms with Crippen LogP contribution in [-0.4, -0.2) is 31.7 Å². The summed E-state index contributed by atoms with van der Waals surface area (Å²) < 4.78 is 1.42. The first kappa shape index (κ1) is 10.4. The summed E-state index contributed by atoms with van der Waals surface area (Å²) in [5.41, 5.74) is -0.102. The molecule has 0 saturated carbocycles. The van der Waals surface area contributed by atoms with Gasteiger partial charge in [-0.25, -0.2) is 9.48 Å². The molecule has 1 aliphatic heterocycles. The second-order valence-electron chi connectivity index (χ2n) is 3.45. The molecule has 1 aliphatic rings. The van der Waals surface area contributed by atoms with Crippen molar-refractivity contribution in [1.29, 1.82) is 0 Å². The molecule has 1 aromatic rings. The first-order valence-corrected chi connectivity index (χ1v) is 5.86. The fraction of sp³-hybridized carbons (Fsp3) is 0.556. The Bertz CT molecular complexity index is 371. The highest BCUT2D eigenvalue weighted by Crippen LogP contribution is 2.35. The third-order valence-electron chi connectivity index (χ3n) is 2.41. The topological polar surface area (TPSA) is 75.3 Å². The summed E-state index contributed by atoms with van der Waals surface area (Å²) in [4.78, 5) is 10.9. The summed E-state index contributed by atoms with van der Waals surface area (Å²) in [6, 6.07) is 0. The van der Waals surface area contributed by atoms with Crippen LogP contribution in [0.1, 0.15) is 35.1 Å². The molecule has 2 N–H and O–H groups in total. The molecule has 0 amide bonds. The average Bonchev–Trinajstić information content (AvgIpc) is 2.61. The van der Waals surface area contributed by atoms with Crippen molar-refractivity contribution in [2.45, 2.75) is 24.6 Å². The van der Waals surface area contributed by atoms with Crippen molar-refractivity contribution < 1.29 is 15.0 Å². The van der Waals surface area contributed by atoms with Gasteiger partial charge in [0.1, 0.15) is 0 Å². The maximum Gasteiger partial charge on any atom is 0.358 e. The van der Waals surface area contributed by atoms with Crippen molar-refractivity contribution >= 4 is 17.7 Å². The number of carboxylic acid groups (broad SMARTS) is 1. The molecule has 82 valence electrons. The summed E-state index contributed by atoms with van der Waals surface area (Å²) in [6.45, 7) is 0. The highest BCUT2D eigenvalue weighted by atomic mass is 32.2. The lowest BCUT2D eigenvalue weighted by Crippen LogP contribution is -2.17. The number of carboxylic acids is 1. The summed E-state index contributed by atoms with van der Waals surface area (Å²) >= 11 is 1.69. The number of thioether (sulfide) groups is 1. The van der Waals surface area contributed by atoms with Crippen LogP contribution in [0, 0.1) is 0 Å². The number of aromatic hydroxyl groups is 1. The Hall–Kier alpha value is -1.17. The summed E-state index contributed by atoms with van der Waals surface area (Å²) in [5.74, 6) is -0.366. The van der Waals surface area contributed by atoms with E-state index in [0.717, 1.165) is 25.0 Å². The van der Waals surface area contributed by atoms with Crippen molar-refractivity contribution in [1.82, 2.24) is 9.78 Å². The monoisotopic (exact) mass is 228 g/mol. The van der Waals surface area contributed by atoms with Crippen molar-refractivity contribution in [2.75, 3.05) is 5.75 Å². The number of hydrogen-bond donors (Lipinski definition) is 2. The fourth-order valence-corrected chi connectivity index (χ4v) is 2.97. The summed E-state index contributed by atoms with van der Waals surface area (Å²) in [7, 11) is 0. The highest BCUT2D eigenvalue weighted by Gasteiger charge is 2.24. The molecule has 1 saturated heterocycles. The number of aromatic carboxylic acids is 1. The predicted molar refractivity (Wildman–Crippen MR) is 56.2 cm³/mol. The van der Waals surface area contributed by atoms with Gasteiger partial charge in [0.05, 0.1) is 11.6 Å². The van der Waals surface area contributed by atoms with Crippen molar-refractivity contribution in [3.63, 3.8) is 0 Å². The van der Waals surface area contributed by atoms with Gasteiger partial charge in [-0.3, -0.25) is 0 Å². The summed E-state index contributed by atoms with van der Waals surface area (Å²) in [6.07, 6.45) is 4.35. The zero-order valence-corrected chi connectivity index (χ0v) is 8.90. The van der Waals surface area contributed by atoms with Gasteiger partial charge in [-0.05, 0) is 25.0 Å². The van der Waals surface area contributed by atoms with Gasteiger partial charge in [0.2, 0.25) is 0 Å². The molecule has 6 heteroatoms. The van der Waals surface area contributed by atoms with E-state index in [9.17, 15) is 9.90 Å². The van der Waals surface area contributed by atoms with E-state index in [1.54, 1.807) is 11.8 Å². The molecule has 2 rings (SSSR count).